The van der Waals surface area contributed by atoms with Crippen LogP contribution < -0.4 is 11.2 Å². The zero-order valence-electron chi connectivity index (χ0n) is 6.75. The molecule has 2 radical (unpaired) electrons. The molecule has 1 aromatic rings. The molecule has 0 aliphatic heterocycles. The Hall–Kier alpha value is -0.755. The van der Waals surface area contributed by atoms with Crippen molar-refractivity contribution in [3.63, 3.8) is 0 Å². The quantitative estimate of drug-likeness (QED) is 0.597. The predicted molar refractivity (Wildman–Crippen MR) is 49.2 cm³/mol. The van der Waals surface area contributed by atoms with E-state index in [1.807, 2.05) is 31.2 Å². The summed E-state index contributed by atoms with van der Waals surface area (Å²) in [6.45, 7) is 1.99. The van der Waals surface area contributed by atoms with Gasteiger partial charge in [-0.15, -0.1) is 0 Å². The Morgan fingerprint density at radius 2 is 2.27 bits per heavy atom. The Balaban J connectivity index is 2.71. The van der Waals surface area contributed by atoms with Gasteiger partial charge in [0.1, 0.15) is 7.85 Å². The third-order valence-electron chi connectivity index (χ3n) is 1.51. The van der Waals surface area contributed by atoms with Crippen molar-refractivity contribution in [2.45, 2.75) is 19.4 Å². The molecule has 0 fully saturated rings. The van der Waals surface area contributed by atoms with Gasteiger partial charge in [-0.3, -0.25) is 0 Å². The number of hydrogen-bond acceptors (Lipinski definition) is 1. The van der Waals surface area contributed by atoms with E-state index < -0.39 is 0 Å². The van der Waals surface area contributed by atoms with Crippen LogP contribution >= 0.6 is 0 Å². The van der Waals surface area contributed by atoms with Gasteiger partial charge in [-0.1, -0.05) is 29.7 Å². The molecule has 0 aromatic heterocycles. The van der Waals surface area contributed by atoms with Crippen LogP contribution in [0.2, 0.25) is 0 Å². The Labute approximate surface area is 69.0 Å². The van der Waals surface area contributed by atoms with E-state index in [1.54, 1.807) is 0 Å². The Bertz CT molecular complexity index is 233. The molecular formula is C9H12BN. The van der Waals surface area contributed by atoms with E-state index >= 15 is 0 Å². The maximum absolute atomic E-state index is 5.63. The number of rotatable bonds is 2. The molecule has 2 N–H and O–H groups in total. The van der Waals surface area contributed by atoms with E-state index in [2.05, 4.69) is 0 Å². The zero-order chi connectivity index (χ0) is 8.27. The van der Waals surface area contributed by atoms with Gasteiger partial charge in [0.15, 0.2) is 0 Å². The molecule has 0 saturated carbocycles. The van der Waals surface area contributed by atoms with Crippen molar-refractivity contribution < 1.29 is 0 Å². The van der Waals surface area contributed by atoms with Crippen molar-refractivity contribution in [1.29, 1.82) is 0 Å². The lowest BCUT2D eigenvalue weighted by molar-refractivity contribution is 0.738. The summed E-state index contributed by atoms with van der Waals surface area (Å²) in [4.78, 5) is 0. The first-order chi connectivity index (χ1) is 5.18. The van der Waals surface area contributed by atoms with E-state index in [-0.39, 0.29) is 6.04 Å². The molecule has 11 heavy (non-hydrogen) atoms. The average Bonchev–Trinajstić information content (AvgIpc) is 1.85. The molecule has 1 rings (SSSR count). The highest BCUT2D eigenvalue weighted by Crippen LogP contribution is 1.98. The minimum absolute atomic E-state index is 0.205. The molecule has 0 heterocycles. The summed E-state index contributed by atoms with van der Waals surface area (Å²) in [5.41, 5.74) is 7.65. The Morgan fingerprint density at radius 1 is 1.55 bits per heavy atom. The van der Waals surface area contributed by atoms with Crippen molar-refractivity contribution in [1.82, 2.24) is 0 Å². The molecule has 2 heteroatoms. The lowest BCUT2D eigenvalue weighted by Crippen LogP contribution is -2.18. The van der Waals surface area contributed by atoms with Crippen molar-refractivity contribution in [2.24, 2.45) is 5.73 Å². The van der Waals surface area contributed by atoms with Crippen LogP contribution in [0.1, 0.15) is 12.5 Å². The number of benzene rings is 1. The Morgan fingerprint density at radius 3 is 2.82 bits per heavy atom. The normalized spacial score (nSPS) is 12.9. The summed E-state index contributed by atoms with van der Waals surface area (Å²) in [5.74, 6) is 0. The van der Waals surface area contributed by atoms with Crippen LogP contribution in [0.25, 0.3) is 0 Å². The van der Waals surface area contributed by atoms with Crippen molar-refractivity contribution in [2.75, 3.05) is 0 Å². The molecule has 0 spiro atoms. The smallest absolute Gasteiger partial charge is 0.113 e. The molecule has 56 valence electrons. The fourth-order valence-corrected chi connectivity index (χ4v) is 1.09. The van der Waals surface area contributed by atoms with Crippen molar-refractivity contribution >= 4 is 13.3 Å². The van der Waals surface area contributed by atoms with Gasteiger partial charge in [-0.25, -0.2) is 0 Å². The highest BCUT2D eigenvalue weighted by molar-refractivity contribution is 6.32. The monoisotopic (exact) mass is 145 g/mol. The van der Waals surface area contributed by atoms with E-state index in [4.69, 9.17) is 13.6 Å². The van der Waals surface area contributed by atoms with Crippen LogP contribution in [0.15, 0.2) is 24.3 Å². The average molecular weight is 145 g/mol. The minimum Gasteiger partial charge on any atom is -0.328 e. The summed E-state index contributed by atoms with van der Waals surface area (Å²) in [7, 11) is 5.59. The van der Waals surface area contributed by atoms with Crippen LogP contribution in [-0.4, -0.2) is 13.9 Å². The van der Waals surface area contributed by atoms with E-state index in [0.29, 0.717) is 0 Å². The number of hydrogen-bond donors (Lipinski definition) is 1. The van der Waals surface area contributed by atoms with Gasteiger partial charge in [0, 0.05) is 6.04 Å². The molecule has 0 aliphatic rings. The maximum atomic E-state index is 5.63. The fraction of sp³-hybridized carbons (Fsp3) is 0.333. The third kappa shape index (κ3) is 2.77. The standard InChI is InChI=1S/C9H12BN/c1-7(11)5-8-3-2-4-9(10)6-8/h2-4,6-7H,5,11H2,1H3. The van der Waals surface area contributed by atoms with Gasteiger partial charge >= 0.3 is 0 Å². The molecule has 0 amide bonds. The van der Waals surface area contributed by atoms with Crippen LogP contribution in [0, 0.1) is 0 Å². The largest absolute Gasteiger partial charge is 0.328 e. The van der Waals surface area contributed by atoms with Crippen LogP contribution in [0.5, 0.6) is 0 Å². The summed E-state index contributed by atoms with van der Waals surface area (Å²) in [6.07, 6.45) is 0.894. The second kappa shape index (κ2) is 3.58. The lowest BCUT2D eigenvalue weighted by Gasteiger charge is -2.05. The summed E-state index contributed by atoms with van der Waals surface area (Å²) < 4.78 is 0. The zero-order valence-corrected chi connectivity index (χ0v) is 6.75. The minimum atomic E-state index is 0.205. The summed E-state index contributed by atoms with van der Waals surface area (Å²) in [5, 5.41) is 0. The van der Waals surface area contributed by atoms with Gasteiger partial charge in [-0.05, 0) is 18.9 Å². The number of nitrogens with two attached hydrogens (primary N) is 1. The van der Waals surface area contributed by atoms with Gasteiger partial charge < -0.3 is 5.73 Å². The maximum Gasteiger partial charge on any atom is 0.113 e. The fourth-order valence-electron chi connectivity index (χ4n) is 1.09. The van der Waals surface area contributed by atoms with Crippen LogP contribution in [0.4, 0.5) is 0 Å². The highest BCUT2D eigenvalue weighted by Gasteiger charge is 1.96. The Kier molecular flexibility index (Phi) is 2.72. The van der Waals surface area contributed by atoms with Crippen molar-refractivity contribution in [3.8, 4) is 0 Å². The van der Waals surface area contributed by atoms with E-state index in [0.717, 1.165) is 11.9 Å². The predicted octanol–water partition coefficient (Wildman–Crippen LogP) is 0.370. The molecule has 1 aromatic carbocycles. The third-order valence-corrected chi connectivity index (χ3v) is 1.51. The van der Waals surface area contributed by atoms with Gasteiger partial charge in [0.25, 0.3) is 0 Å². The SMILES string of the molecule is [B]c1cccc(CC(C)N)c1. The molecule has 0 saturated heterocycles. The van der Waals surface area contributed by atoms with E-state index in [1.165, 1.54) is 5.56 Å². The van der Waals surface area contributed by atoms with E-state index in [9.17, 15) is 0 Å². The molecular weight excluding hydrogens is 133 g/mol. The second-order valence-corrected chi connectivity index (χ2v) is 2.93. The van der Waals surface area contributed by atoms with Crippen molar-refractivity contribution in [3.05, 3.63) is 29.8 Å². The highest BCUT2D eigenvalue weighted by atomic mass is 14.6. The van der Waals surface area contributed by atoms with Gasteiger partial charge in [0.05, 0.1) is 0 Å². The van der Waals surface area contributed by atoms with Crippen LogP contribution in [0.3, 0.4) is 0 Å². The van der Waals surface area contributed by atoms with Gasteiger partial charge in [0.2, 0.25) is 0 Å². The molecule has 1 unspecified atom stereocenters. The first-order valence-electron chi connectivity index (χ1n) is 3.78. The first-order valence-corrected chi connectivity index (χ1v) is 3.78. The molecule has 0 bridgehead atoms. The molecule has 0 aliphatic carbocycles. The van der Waals surface area contributed by atoms with Gasteiger partial charge in [-0.2, -0.15) is 0 Å². The topological polar surface area (TPSA) is 26.0 Å². The molecule has 1 atom stereocenters. The summed E-state index contributed by atoms with van der Waals surface area (Å²) >= 11 is 0. The molecule has 1 nitrogen and oxygen atoms in total. The second-order valence-electron chi connectivity index (χ2n) is 2.93. The van der Waals surface area contributed by atoms with Crippen LogP contribution in [-0.2, 0) is 6.42 Å². The lowest BCUT2D eigenvalue weighted by atomic mass is 9.93. The first kappa shape index (κ1) is 8.34. The summed E-state index contributed by atoms with van der Waals surface area (Å²) in [6, 6.07) is 8.04.